The van der Waals surface area contributed by atoms with E-state index in [0.717, 1.165) is 15.0 Å². The van der Waals surface area contributed by atoms with E-state index in [0.29, 0.717) is 12.1 Å². The second-order valence-corrected chi connectivity index (χ2v) is 6.62. The van der Waals surface area contributed by atoms with E-state index in [1.54, 1.807) is 17.4 Å². The summed E-state index contributed by atoms with van der Waals surface area (Å²) in [5, 5.41) is 2.05. The van der Waals surface area contributed by atoms with Crippen molar-refractivity contribution >= 4 is 38.7 Å². The predicted molar refractivity (Wildman–Crippen MR) is 80.5 cm³/mol. The first-order chi connectivity index (χ1) is 8.97. The van der Waals surface area contributed by atoms with Crippen LogP contribution in [-0.4, -0.2) is 12.8 Å². The van der Waals surface area contributed by atoms with Crippen LogP contribution in [0.15, 0.2) is 33.4 Å². The Labute approximate surface area is 124 Å². The molecule has 2 rings (SSSR count). The van der Waals surface area contributed by atoms with E-state index in [1.807, 2.05) is 18.0 Å². The van der Waals surface area contributed by atoms with Crippen molar-refractivity contribution < 1.29 is 9.18 Å². The number of halogens is 2. The van der Waals surface area contributed by atoms with Crippen LogP contribution in [-0.2, 0) is 6.54 Å². The molecular weight excluding hydrogens is 329 g/mol. The number of nitrogens with zero attached hydrogens (tertiary/aromatic N) is 1. The summed E-state index contributed by atoms with van der Waals surface area (Å²) < 4.78 is 14.3. The first kappa shape index (κ1) is 14.2. The number of hydrogen-bond donors (Lipinski definition) is 0. The highest BCUT2D eigenvalue weighted by atomic mass is 79.9. The van der Waals surface area contributed by atoms with Gasteiger partial charge >= 0.3 is 0 Å². The minimum atomic E-state index is -0.388. The molecule has 100 valence electrons. The number of rotatable bonds is 4. The molecule has 0 aliphatic carbocycles. The van der Waals surface area contributed by atoms with Crippen LogP contribution in [0.2, 0.25) is 0 Å². The summed E-state index contributed by atoms with van der Waals surface area (Å²) in [5.41, 5.74) is 2.31. The molecule has 5 heteroatoms. The summed E-state index contributed by atoms with van der Waals surface area (Å²) in [6, 6.07) is 6.35. The van der Waals surface area contributed by atoms with Crippen LogP contribution >= 0.6 is 27.3 Å². The number of hydrogen-bond acceptors (Lipinski definition) is 3. The fourth-order valence-corrected chi connectivity index (χ4v) is 3.11. The Morgan fingerprint density at radius 1 is 1.42 bits per heavy atom. The van der Waals surface area contributed by atoms with Gasteiger partial charge in [-0.2, -0.15) is 0 Å². The Kier molecular flexibility index (Phi) is 4.37. The van der Waals surface area contributed by atoms with E-state index in [1.165, 1.54) is 19.1 Å². The van der Waals surface area contributed by atoms with Crippen molar-refractivity contribution in [3.63, 3.8) is 0 Å². The Balaban J connectivity index is 2.28. The topological polar surface area (TPSA) is 20.3 Å². The van der Waals surface area contributed by atoms with Gasteiger partial charge in [0.15, 0.2) is 5.78 Å². The van der Waals surface area contributed by atoms with Crippen LogP contribution in [0.5, 0.6) is 0 Å². The summed E-state index contributed by atoms with van der Waals surface area (Å²) >= 11 is 5.04. The molecule has 0 aliphatic heterocycles. The molecule has 0 atom stereocenters. The Morgan fingerprint density at radius 3 is 2.74 bits per heavy atom. The van der Waals surface area contributed by atoms with Crippen LogP contribution in [0, 0.1) is 5.82 Å². The SMILES string of the molecule is CC(=O)c1cc(F)ccc1N(C)Cc1csc(Br)c1. The molecule has 0 saturated carbocycles. The van der Waals surface area contributed by atoms with E-state index in [-0.39, 0.29) is 11.6 Å². The third kappa shape index (κ3) is 3.42. The smallest absolute Gasteiger partial charge is 0.161 e. The highest BCUT2D eigenvalue weighted by molar-refractivity contribution is 9.11. The van der Waals surface area contributed by atoms with Crippen LogP contribution in [0.4, 0.5) is 10.1 Å². The Hall–Kier alpha value is -1.20. The Morgan fingerprint density at radius 2 is 2.16 bits per heavy atom. The van der Waals surface area contributed by atoms with Crippen molar-refractivity contribution in [1.82, 2.24) is 0 Å². The van der Waals surface area contributed by atoms with Crippen molar-refractivity contribution in [2.24, 2.45) is 0 Å². The number of anilines is 1. The molecule has 2 aromatic rings. The zero-order valence-corrected chi connectivity index (χ0v) is 13.0. The molecule has 0 bridgehead atoms. The van der Waals surface area contributed by atoms with Gasteiger partial charge in [-0.25, -0.2) is 4.39 Å². The van der Waals surface area contributed by atoms with Crippen LogP contribution in [0.1, 0.15) is 22.8 Å². The average Bonchev–Trinajstić information content (AvgIpc) is 2.74. The predicted octanol–water partition coefficient (Wildman–Crippen LogP) is 4.49. The number of thiophene rings is 1. The highest BCUT2D eigenvalue weighted by Gasteiger charge is 2.13. The van der Waals surface area contributed by atoms with Gasteiger partial charge in [-0.15, -0.1) is 11.3 Å². The van der Waals surface area contributed by atoms with Gasteiger partial charge in [0, 0.05) is 24.8 Å². The molecular formula is C14H13BrFNOS. The minimum absolute atomic E-state index is 0.132. The fourth-order valence-electron chi connectivity index (χ4n) is 1.91. The van der Waals surface area contributed by atoms with Gasteiger partial charge < -0.3 is 4.90 Å². The second kappa shape index (κ2) is 5.84. The lowest BCUT2D eigenvalue weighted by atomic mass is 10.1. The molecule has 0 aliphatic rings. The van der Waals surface area contributed by atoms with E-state index in [4.69, 9.17) is 0 Å². The standard InChI is InChI=1S/C14H13BrFNOS/c1-9(18)12-6-11(16)3-4-13(12)17(2)7-10-5-14(15)19-8-10/h3-6,8H,7H2,1-2H3. The van der Waals surface area contributed by atoms with E-state index in [9.17, 15) is 9.18 Å². The molecule has 0 radical (unpaired) electrons. The maximum absolute atomic E-state index is 13.2. The number of Topliss-reactive ketones (excluding diaryl/α,β-unsaturated/α-hetero) is 1. The summed E-state index contributed by atoms with van der Waals surface area (Å²) in [7, 11) is 1.89. The maximum atomic E-state index is 13.2. The zero-order valence-electron chi connectivity index (χ0n) is 10.6. The quantitative estimate of drug-likeness (QED) is 0.763. The summed E-state index contributed by atoms with van der Waals surface area (Å²) in [6.45, 7) is 2.13. The molecule has 0 spiro atoms. The molecule has 1 heterocycles. The van der Waals surface area contributed by atoms with Crippen molar-refractivity contribution in [1.29, 1.82) is 0 Å². The highest BCUT2D eigenvalue weighted by Crippen LogP contribution is 2.26. The van der Waals surface area contributed by atoms with Crippen molar-refractivity contribution in [3.8, 4) is 0 Å². The van der Waals surface area contributed by atoms with Gasteiger partial charge in [0.1, 0.15) is 5.82 Å². The molecule has 19 heavy (non-hydrogen) atoms. The third-order valence-corrected chi connectivity index (χ3v) is 4.34. The normalized spacial score (nSPS) is 10.5. The monoisotopic (exact) mass is 341 g/mol. The van der Waals surface area contributed by atoms with Gasteiger partial charge in [-0.05, 0) is 58.1 Å². The van der Waals surface area contributed by atoms with Gasteiger partial charge in [0.05, 0.1) is 3.79 Å². The van der Waals surface area contributed by atoms with E-state index in [2.05, 4.69) is 21.3 Å². The summed E-state index contributed by atoms with van der Waals surface area (Å²) in [4.78, 5) is 13.5. The second-order valence-electron chi connectivity index (χ2n) is 4.33. The number of benzene rings is 1. The molecule has 1 aromatic heterocycles. The summed E-state index contributed by atoms with van der Waals surface area (Å²) in [6.07, 6.45) is 0. The average molecular weight is 342 g/mol. The van der Waals surface area contributed by atoms with Crippen LogP contribution in [0.3, 0.4) is 0 Å². The van der Waals surface area contributed by atoms with Crippen LogP contribution < -0.4 is 4.90 Å². The lowest BCUT2D eigenvalue weighted by Crippen LogP contribution is -2.18. The number of ketones is 1. The minimum Gasteiger partial charge on any atom is -0.370 e. The molecule has 0 saturated heterocycles. The number of carbonyl (C=O) groups is 1. The molecule has 0 unspecified atom stereocenters. The van der Waals surface area contributed by atoms with Crippen molar-refractivity contribution in [2.75, 3.05) is 11.9 Å². The first-order valence-corrected chi connectivity index (χ1v) is 7.39. The van der Waals surface area contributed by atoms with Crippen LogP contribution in [0.25, 0.3) is 0 Å². The molecule has 0 N–H and O–H groups in total. The van der Waals surface area contributed by atoms with Crippen molar-refractivity contribution in [2.45, 2.75) is 13.5 Å². The molecule has 1 aromatic carbocycles. The van der Waals surface area contributed by atoms with Gasteiger partial charge in [-0.3, -0.25) is 4.79 Å². The lowest BCUT2D eigenvalue weighted by Gasteiger charge is -2.21. The molecule has 2 nitrogen and oxygen atoms in total. The van der Waals surface area contributed by atoms with Gasteiger partial charge in [-0.1, -0.05) is 0 Å². The van der Waals surface area contributed by atoms with Gasteiger partial charge in [0.25, 0.3) is 0 Å². The maximum Gasteiger partial charge on any atom is 0.161 e. The largest absolute Gasteiger partial charge is 0.370 e. The van der Waals surface area contributed by atoms with E-state index < -0.39 is 0 Å². The van der Waals surface area contributed by atoms with Crippen molar-refractivity contribution in [3.05, 3.63) is 50.4 Å². The summed E-state index contributed by atoms with van der Waals surface area (Å²) in [5.74, 6) is -0.520. The fraction of sp³-hybridized carbons (Fsp3) is 0.214. The van der Waals surface area contributed by atoms with E-state index >= 15 is 0 Å². The van der Waals surface area contributed by atoms with Gasteiger partial charge in [0.2, 0.25) is 0 Å². The zero-order chi connectivity index (χ0) is 14.0. The number of carbonyl (C=O) groups excluding carboxylic acids is 1. The lowest BCUT2D eigenvalue weighted by molar-refractivity contribution is 0.101. The Bertz CT molecular complexity index is 611. The molecule has 0 amide bonds. The molecule has 0 fully saturated rings. The third-order valence-electron chi connectivity index (χ3n) is 2.79. The first-order valence-electron chi connectivity index (χ1n) is 5.72.